The molecule has 2 aromatic rings. The van der Waals surface area contributed by atoms with E-state index in [1.165, 1.54) is 6.42 Å². The summed E-state index contributed by atoms with van der Waals surface area (Å²) in [4.78, 5) is 31.1. The molecule has 0 aromatic heterocycles. The molecule has 0 unspecified atom stereocenters. The number of benzene rings is 2. The summed E-state index contributed by atoms with van der Waals surface area (Å²) < 4.78 is 5.20. The second kappa shape index (κ2) is 12.0. The molecule has 0 N–H and O–H groups in total. The standard InChI is InChI=1S/C24H31NO4/c1-4-7-8-9-14-19-15-10-11-16-20(19)23(26)28-24(27)21-17-12-13-18-22(21)29-25(5-2)6-3/h10-13,15-18H,4-9,14H2,1-3H3. The van der Waals surface area contributed by atoms with Crippen LogP contribution in [0.4, 0.5) is 0 Å². The summed E-state index contributed by atoms with van der Waals surface area (Å²) >= 11 is 0. The Bertz CT molecular complexity index is 799. The molecular weight excluding hydrogens is 366 g/mol. The van der Waals surface area contributed by atoms with Crippen LogP contribution in [0.15, 0.2) is 48.5 Å². The van der Waals surface area contributed by atoms with Gasteiger partial charge in [-0.3, -0.25) is 0 Å². The van der Waals surface area contributed by atoms with Gasteiger partial charge in [0.25, 0.3) is 0 Å². The van der Waals surface area contributed by atoms with Crippen molar-refractivity contribution >= 4 is 11.9 Å². The number of aryl methyl sites for hydroxylation is 1. The van der Waals surface area contributed by atoms with Gasteiger partial charge in [-0.25, -0.2) is 9.59 Å². The van der Waals surface area contributed by atoms with Gasteiger partial charge in [-0.1, -0.05) is 56.5 Å². The number of unbranched alkanes of at least 4 members (excludes halogenated alkanes) is 3. The maximum absolute atomic E-state index is 12.7. The van der Waals surface area contributed by atoms with Gasteiger partial charge in [0, 0.05) is 13.1 Å². The number of hydroxylamine groups is 2. The SMILES string of the molecule is CCCCCCc1ccccc1C(=O)OC(=O)c1ccccc1ON(CC)CC. The number of ether oxygens (including phenoxy) is 1. The fourth-order valence-corrected chi connectivity index (χ4v) is 3.08. The van der Waals surface area contributed by atoms with Crippen molar-refractivity contribution in [2.45, 2.75) is 52.9 Å². The molecule has 0 saturated carbocycles. The third-order valence-corrected chi connectivity index (χ3v) is 4.76. The first-order valence-electron chi connectivity index (χ1n) is 10.5. The van der Waals surface area contributed by atoms with E-state index in [0.717, 1.165) is 31.2 Å². The van der Waals surface area contributed by atoms with E-state index in [4.69, 9.17) is 9.57 Å². The third kappa shape index (κ3) is 6.71. The van der Waals surface area contributed by atoms with Gasteiger partial charge in [-0.15, -0.1) is 5.06 Å². The molecule has 5 nitrogen and oxygen atoms in total. The molecule has 0 aliphatic carbocycles. The second-order valence-electron chi connectivity index (χ2n) is 6.85. The van der Waals surface area contributed by atoms with E-state index < -0.39 is 11.9 Å². The van der Waals surface area contributed by atoms with E-state index in [9.17, 15) is 9.59 Å². The monoisotopic (exact) mass is 397 g/mol. The second-order valence-corrected chi connectivity index (χ2v) is 6.85. The zero-order valence-electron chi connectivity index (χ0n) is 17.6. The van der Waals surface area contributed by atoms with Crippen LogP contribution in [-0.2, 0) is 11.2 Å². The molecule has 0 saturated heterocycles. The Hall–Kier alpha value is -2.66. The quantitative estimate of drug-likeness (QED) is 0.219. The van der Waals surface area contributed by atoms with Crippen LogP contribution in [0.5, 0.6) is 5.75 Å². The van der Waals surface area contributed by atoms with Gasteiger partial charge >= 0.3 is 11.9 Å². The molecule has 5 heteroatoms. The smallest absolute Gasteiger partial charge is 0.349 e. The summed E-state index contributed by atoms with van der Waals surface area (Å²) in [5.41, 5.74) is 1.58. The highest BCUT2D eigenvalue weighted by Gasteiger charge is 2.21. The Kier molecular flexibility index (Phi) is 9.38. The minimum absolute atomic E-state index is 0.230. The van der Waals surface area contributed by atoms with Gasteiger partial charge in [0.2, 0.25) is 0 Å². The lowest BCUT2D eigenvalue weighted by molar-refractivity contribution is -0.0495. The average Bonchev–Trinajstić information content (AvgIpc) is 2.75. The van der Waals surface area contributed by atoms with Gasteiger partial charge in [-0.2, -0.15) is 0 Å². The molecule has 156 valence electrons. The zero-order chi connectivity index (χ0) is 21.1. The number of hydrogen-bond acceptors (Lipinski definition) is 5. The van der Waals surface area contributed by atoms with E-state index in [1.54, 1.807) is 41.5 Å². The van der Waals surface area contributed by atoms with Crippen molar-refractivity contribution in [1.29, 1.82) is 0 Å². The Labute approximate surface area is 173 Å². The minimum atomic E-state index is -0.710. The Morgan fingerprint density at radius 2 is 1.41 bits per heavy atom. The van der Waals surface area contributed by atoms with Crippen molar-refractivity contribution in [3.63, 3.8) is 0 Å². The minimum Gasteiger partial charge on any atom is -0.405 e. The van der Waals surface area contributed by atoms with Gasteiger partial charge in [-0.05, 0) is 50.5 Å². The van der Waals surface area contributed by atoms with Crippen LogP contribution >= 0.6 is 0 Å². The number of esters is 2. The molecule has 0 amide bonds. The fraction of sp³-hybridized carbons (Fsp3) is 0.417. The van der Waals surface area contributed by atoms with Crippen LogP contribution in [0.3, 0.4) is 0 Å². The molecule has 0 aliphatic heterocycles. The predicted octanol–water partition coefficient (Wildman–Crippen LogP) is 5.44. The van der Waals surface area contributed by atoms with E-state index in [0.29, 0.717) is 24.4 Å². The number of para-hydroxylation sites is 1. The summed E-state index contributed by atoms with van der Waals surface area (Å²) in [7, 11) is 0. The highest BCUT2D eigenvalue weighted by atomic mass is 16.7. The van der Waals surface area contributed by atoms with E-state index in [2.05, 4.69) is 6.92 Å². The van der Waals surface area contributed by atoms with Gasteiger partial charge in [0.05, 0.1) is 5.56 Å². The maximum Gasteiger partial charge on any atom is 0.349 e. The van der Waals surface area contributed by atoms with Crippen LogP contribution in [0.2, 0.25) is 0 Å². The van der Waals surface area contributed by atoms with E-state index >= 15 is 0 Å². The summed E-state index contributed by atoms with van der Waals surface area (Å²) in [5, 5.41) is 1.72. The Morgan fingerprint density at radius 3 is 2.10 bits per heavy atom. The molecule has 2 aromatic carbocycles. The fourth-order valence-electron chi connectivity index (χ4n) is 3.08. The van der Waals surface area contributed by atoms with Crippen molar-refractivity contribution in [2.24, 2.45) is 0 Å². The van der Waals surface area contributed by atoms with Crippen LogP contribution in [0, 0.1) is 0 Å². The van der Waals surface area contributed by atoms with Crippen molar-refractivity contribution < 1.29 is 19.2 Å². The summed E-state index contributed by atoms with van der Waals surface area (Å²) in [6.45, 7) is 7.43. The lowest BCUT2D eigenvalue weighted by atomic mass is 10.0. The molecule has 0 radical (unpaired) electrons. The molecule has 29 heavy (non-hydrogen) atoms. The van der Waals surface area contributed by atoms with Crippen LogP contribution < -0.4 is 4.84 Å². The zero-order valence-corrected chi connectivity index (χ0v) is 17.6. The highest BCUT2D eigenvalue weighted by Crippen LogP contribution is 2.21. The predicted molar refractivity (Wildman–Crippen MR) is 114 cm³/mol. The topological polar surface area (TPSA) is 55.8 Å². The number of nitrogens with zero attached hydrogens (tertiary/aromatic N) is 1. The van der Waals surface area contributed by atoms with Crippen molar-refractivity contribution in [3.8, 4) is 5.75 Å². The first-order chi connectivity index (χ1) is 14.1. The van der Waals surface area contributed by atoms with Gasteiger partial charge in [0.15, 0.2) is 5.75 Å². The maximum atomic E-state index is 12.7. The van der Waals surface area contributed by atoms with Crippen LogP contribution in [0.1, 0.15) is 72.7 Å². The summed E-state index contributed by atoms with van der Waals surface area (Å²) in [6.07, 6.45) is 5.25. The molecule has 0 atom stereocenters. The summed E-state index contributed by atoms with van der Waals surface area (Å²) in [5.74, 6) is -0.959. The number of carbonyl (C=O) groups is 2. The Balaban J connectivity index is 2.11. The highest BCUT2D eigenvalue weighted by molar-refractivity contribution is 6.04. The number of hydrogen-bond donors (Lipinski definition) is 0. The first-order valence-corrected chi connectivity index (χ1v) is 10.5. The van der Waals surface area contributed by atoms with Gasteiger partial charge in [0.1, 0.15) is 5.56 Å². The third-order valence-electron chi connectivity index (χ3n) is 4.76. The molecule has 0 fully saturated rings. The molecule has 0 heterocycles. The molecule has 0 bridgehead atoms. The normalized spacial score (nSPS) is 10.8. The van der Waals surface area contributed by atoms with Crippen LogP contribution in [-0.4, -0.2) is 30.1 Å². The van der Waals surface area contributed by atoms with Gasteiger partial charge < -0.3 is 9.57 Å². The summed E-state index contributed by atoms with van der Waals surface area (Å²) in [6, 6.07) is 14.1. The van der Waals surface area contributed by atoms with Crippen molar-refractivity contribution in [3.05, 3.63) is 65.2 Å². The number of carbonyl (C=O) groups excluding carboxylic acids is 2. The van der Waals surface area contributed by atoms with E-state index in [1.807, 2.05) is 26.0 Å². The average molecular weight is 398 g/mol. The lowest BCUT2D eigenvalue weighted by Crippen LogP contribution is -2.27. The number of rotatable bonds is 11. The molecular formula is C24H31NO4. The van der Waals surface area contributed by atoms with Crippen molar-refractivity contribution in [1.82, 2.24) is 5.06 Å². The van der Waals surface area contributed by atoms with Crippen LogP contribution in [0.25, 0.3) is 0 Å². The largest absolute Gasteiger partial charge is 0.405 e. The molecule has 0 spiro atoms. The molecule has 2 rings (SSSR count). The van der Waals surface area contributed by atoms with Crippen molar-refractivity contribution in [2.75, 3.05) is 13.1 Å². The Morgan fingerprint density at radius 1 is 0.793 bits per heavy atom. The van der Waals surface area contributed by atoms with E-state index in [-0.39, 0.29) is 5.56 Å². The first kappa shape index (κ1) is 22.6. The lowest BCUT2D eigenvalue weighted by Gasteiger charge is -2.20. The molecule has 0 aliphatic rings.